The number of allylic oxidation sites excluding steroid dienone is 2. The maximum Gasteiger partial charge on any atom is 0.341 e. The maximum atomic E-state index is 14.7. The highest BCUT2D eigenvalue weighted by Gasteiger charge is 2.50. The Hall–Kier alpha value is -7.40. The van der Waals surface area contributed by atoms with Crippen molar-refractivity contribution < 1.29 is 78.3 Å². The van der Waals surface area contributed by atoms with E-state index in [0.29, 0.717) is 56.1 Å². The number of esters is 1. The van der Waals surface area contributed by atoms with E-state index in [1.54, 1.807) is 71.9 Å². The Morgan fingerprint density at radius 3 is 2.05 bits per heavy atom. The third-order valence-corrected chi connectivity index (χ3v) is 20.0. The number of piperidine rings is 1. The van der Waals surface area contributed by atoms with Crippen LogP contribution in [0.3, 0.4) is 0 Å². The van der Waals surface area contributed by atoms with Crippen LogP contribution < -0.4 is 47.0 Å². The number of hydrogen-bond donors (Lipinski definition) is 11. The lowest BCUT2D eigenvalue weighted by atomic mass is 9.78. The maximum absolute atomic E-state index is 14.7. The molecule has 99 heavy (non-hydrogen) atoms. The number of phenols is 2. The number of pyridine rings is 1. The van der Waals surface area contributed by atoms with Crippen molar-refractivity contribution in [1.29, 1.82) is 0 Å². The number of carboxylic acids is 1. The Morgan fingerprint density at radius 2 is 1.48 bits per heavy atom. The average Bonchev–Trinajstić information content (AvgIpc) is 1.57. The summed E-state index contributed by atoms with van der Waals surface area (Å²) < 4.78 is 40.4. The highest BCUT2D eigenvalue weighted by molar-refractivity contribution is 6.19. The standard InChI is InChI=1S/C46H62N4O11.C17H18FN3O3.C10H24N2O2/c1-22(2)21-50-18-16-46(17-19-50)48-34-31-32-39(54)28(8)42-33(31)43(56)45(10,61-42)59-20-15-30(58-11)25(5)41(60-29(9)51)27(7)38(53)26(6)37(52)23(3)13-12-14-24(4)44(57)47-36(40(32)55)35(34)49-46;18-13-7-11-14(8-15(13)20-5-3-19-4-6-20)21(10-1-2-10)9-12(16(11)22)17(23)24;1-3-9(7-13)11-5-6-12-10(4-2)8-14/h12-15,20,22-23,25-27,30,37-38,41,52-55H,16-19,21H2,1-11H3,(H,47,57);7-10,19H,1-6H2,(H,23,24);9-14H,3-8H2,1-2H3/b13-12+,20-15+,24-14-;;/t23-,25+,26+,27+,30-,37-,38+,41+,45-;;9-,10-/m0.0/s1. The second-order valence-corrected chi connectivity index (χ2v) is 27.8. The molecular weight excluding hydrogens is 1280 g/mol. The molecule has 1 aromatic heterocycles. The van der Waals surface area contributed by atoms with Gasteiger partial charge >= 0.3 is 17.7 Å². The zero-order valence-corrected chi connectivity index (χ0v) is 59.5. The molecule has 0 radical (unpaired) electrons. The van der Waals surface area contributed by atoms with Gasteiger partial charge in [-0.3, -0.25) is 29.2 Å². The Kier molecular flexibility index (Phi) is 26.1. The number of aromatic hydroxyl groups is 2. The van der Waals surface area contributed by atoms with E-state index in [9.17, 15) is 53.9 Å². The van der Waals surface area contributed by atoms with Gasteiger partial charge in [0.05, 0.1) is 65.3 Å². The number of aromatic nitrogens is 1. The summed E-state index contributed by atoms with van der Waals surface area (Å²) in [5.41, 5.74) is -0.413. The number of nitrogens with one attached hydrogen (secondary N) is 4. The molecule has 3 fully saturated rings. The molecule has 11 N–H and O–H groups in total. The van der Waals surface area contributed by atoms with Crippen LogP contribution in [0.1, 0.15) is 147 Å². The number of ketones is 1. The van der Waals surface area contributed by atoms with Gasteiger partial charge in [-0.1, -0.05) is 73.6 Å². The van der Waals surface area contributed by atoms with Crippen LogP contribution in [0.4, 0.5) is 15.8 Å². The first-order valence-corrected chi connectivity index (χ1v) is 34.8. The Bertz CT molecular complexity index is 3860. The van der Waals surface area contributed by atoms with Crippen molar-refractivity contribution in [2.24, 2.45) is 39.6 Å². The van der Waals surface area contributed by atoms with E-state index in [4.69, 9.17) is 39.1 Å². The Balaban J connectivity index is 0.000000265. The minimum atomic E-state index is -1.96. The summed E-state index contributed by atoms with van der Waals surface area (Å²) in [6.07, 6.45) is 10.2. The van der Waals surface area contributed by atoms with Gasteiger partial charge < -0.3 is 90.3 Å². The van der Waals surface area contributed by atoms with Gasteiger partial charge in [0, 0.05) is 163 Å². The average molecular weight is 1380 g/mol. The molecule has 0 unspecified atom stereocenters. The van der Waals surface area contributed by atoms with Crippen molar-refractivity contribution in [2.45, 2.75) is 176 Å². The number of hydrogen-bond acceptors (Lipinski definition) is 22. The number of aliphatic hydroxyl groups is 4. The second kappa shape index (κ2) is 33.4. The molecule has 3 aromatic carbocycles. The number of aliphatic hydroxyl groups excluding tert-OH is 4. The normalized spacial score (nSPS) is 26.7. The van der Waals surface area contributed by atoms with Gasteiger partial charge in [-0.15, -0.1) is 0 Å². The number of Topliss-reactive ketones (excluding diaryl/α,β-unsaturated/α-hetero) is 1. The van der Waals surface area contributed by atoms with Crippen LogP contribution in [0, 0.1) is 42.3 Å². The van der Waals surface area contributed by atoms with Crippen molar-refractivity contribution in [3.8, 4) is 17.2 Å². The molecule has 1 aliphatic carbocycles. The molecule has 5 aliphatic heterocycles. The Labute approximate surface area is 577 Å². The number of fused-ring (bicyclic) bond motifs is 2. The van der Waals surface area contributed by atoms with Crippen LogP contribution in [0.2, 0.25) is 0 Å². The van der Waals surface area contributed by atoms with Gasteiger partial charge in [-0.2, -0.15) is 0 Å². The predicted molar refractivity (Wildman–Crippen MR) is 375 cm³/mol. The number of aromatic carboxylic acids is 1. The van der Waals surface area contributed by atoms with Gasteiger partial charge in [0.25, 0.3) is 11.7 Å². The number of methoxy groups -OCH3 is 1. The van der Waals surface area contributed by atoms with E-state index >= 15 is 0 Å². The SMILES string of the molecule is CC[C@@H](CO)NCCN[C@@H](CC)CO.CO[C@H]1/C=C/O[C@@]2(C)Oc3c(C)c(O)c4c(O)c(c5c(c4c3C2=O)=NC2(CCN(CC(C)C)CC2)N=5)NC(=O)/C(C)=C\C=C\[C@H](C)[C@H](O)[C@@H](C)[C@@H](O)[C@@H](C)[C@H](OC(C)=O)[C@@H]1C.O=C(O)c1cn(C2CC2)c2cc(N3CCNCC3)c(F)cc2c1=O. The minimum Gasteiger partial charge on any atom is -0.507 e. The van der Waals surface area contributed by atoms with Crippen LogP contribution in [0.25, 0.3) is 21.7 Å². The predicted octanol–water partition coefficient (Wildman–Crippen LogP) is 6.04. The molecule has 10 rings (SSSR count). The van der Waals surface area contributed by atoms with Gasteiger partial charge in [0.2, 0.25) is 5.43 Å². The number of nitrogens with zero attached hydrogens (tertiary/aromatic N) is 5. The number of benzene rings is 3. The smallest absolute Gasteiger partial charge is 0.341 e. The molecule has 1 amide bonds. The molecule has 4 aromatic rings. The van der Waals surface area contributed by atoms with Crippen LogP contribution in [-0.2, 0) is 23.8 Å². The number of anilines is 2. The third-order valence-electron chi connectivity index (χ3n) is 20.0. The van der Waals surface area contributed by atoms with Crippen LogP contribution in [0.5, 0.6) is 17.2 Å². The van der Waals surface area contributed by atoms with Gasteiger partial charge in [-0.05, 0) is 63.7 Å². The number of carbonyl (C=O) groups is 4. The monoisotopic (exact) mass is 1380 g/mol. The lowest BCUT2D eigenvalue weighted by molar-refractivity contribution is -0.160. The molecule has 6 heterocycles. The van der Waals surface area contributed by atoms with E-state index in [1.165, 1.54) is 39.5 Å². The molecule has 26 heteroatoms. The quantitative estimate of drug-likeness (QED) is 0.0346. The topological polar surface area (TPSA) is 348 Å². The van der Waals surface area contributed by atoms with Gasteiger partial charge in [0.1, 0.15) is 40.0 Å². The summed E-state index contributed by atoms with van der Waals surface area (Å²) in [4.78, 5) is 79.4. The number of ether oxygens (including phenoxy) is 4. The van der Waals surface area contributed by atoms with Crippen molar-refractivity contribution in [1.82, 2.24) is 25.4 Å². The van der Waals surface area contributed by atoms with E-state index in [2.05, 4.69) is 40.0 Å². The number of likely N-dealkylation sites (tertiary alicyclic amines) is 1. The summed E-state index contributed by atoms with van der Waals surface area (Å²) in [5.74, 6) is -8.20. The summed E-state index contributed by atoms with van der Waals surface area (Å²) in [6, 6.07) is 3.48. The van der Waals surface area contributed by atoms with E-state index < -0.39 is 100 Å². The van der Waals surface area contributed by atoms with Gasteiger partial charge in [-0.25, -0.2) is 9.18 Å². The number of halogens is 1. The Morgan fingerprint density at radius 1 is 0.859 bits per heavy atom. The fourth-order valence-electron chi connectivity index (χ4n) is 13.7. The molecule has 1 spiro atoms. The first-order valence-electron chi connectivity index (χ1n) is 34.8. The molecule has 544 valence electrons. The van der Waals surface area contributed by atoms with E-state index in [-0.39, 0.29) is 97.7 Å². The molecule has 4 bridgehead atoms. The molecule has 6 aliphatic rings. The summed E-state index contributed by atoms with van der Waals surface area (Å²) in [5, 5.41) is 87.1. The van der Waals surface area contributed by atoms with Crippen molar-refractivity contribution in [3.63, 3.8) is 0 Å². The van der Waals surface area contributed by atoms with Crippen LogP contribution >= 0.6 is 0 Å². The number of carbonyl (C=O) groups excluding carboxylic acids is 3. The van der Waals surface area contributed by atoms with Crippen molar-refractivity contribution >= 4 is 56.7 Å². The molecule has 1 saturated carbocycles. The zero-order valence-electron chi connectivity index (χ0n) is 59.5. The van der Waals surface area contributed by atoms with Crippen molar-refractivity contribution in [3.05, 3.63) is 97.9 Å². The van der Waals surface area contributed by atoms with E-state index in [1.807, 2.05) is 23.3 Å². The molecule has 25 nitrogen and oxygen atoms in total. The van der Waals surface area contributed by atoms with Crippen molar-refractivity contribution in [2.75, 3.05) is 89.4 Å². The fourth-order valence-corrected chi connectivity index (χ4v) is 13.7. The molecular formula is C73H104FN9O16. The first kappa shape index (κ1) is 77.3. The number of rotatable bonds is 16. The van der Waals surface area contributed by atoms with E-state index in [0.717, 1.165) is 58.4 Å². The zero-order chi connectivity index (χ0) is 72.5. The first-order chi connectivity index (χ1) is 47.0. The second-order valence-electron chi connectivity index (χ2n) is 27.8. The number of phenolic OH excluding ortho intramolecular Hbond substituents is 2. The lowest BCUT2D eigenvalue weighted by Crippen LogP contribution is -2.46. The fraction of sp³-hybridized carbons (Fsp3) is 0.603. The number of piperazine rings is 1. The largest absolute Gasteiger partial charge is 0.507 e. The molecule has 11 atom stereocenters. The van der Waals surface area contributed by atoms with Crippen LogP contribution in [-0.4, -0.2) is 196 Å². The summed E-state index contributed by atoms with van der Waals surface area (Å²) >= 11 is 0. The number of amides is 1. The lowest BCUT2D eigenvalue weighted by Gasteiger charge is -2.38. The summed E-state index contributed by atoms with van der Waals surface area (Å²) in [7, 11) is 1.47. The highest BCUT2D eigenvalue weighted by Crippen LogP contribution is 2.50. The van der Waals surface area contributed by atoms with Crippen LogP contribution in [0.15, 0.2) is 69.2 Å². The highest BCUT2D eigenvalue weighted by atomic mass is 19.1. The van der Waals surface area contributed by atoms with Gasteiger partial charge in [0.15, 0.2) is 11.4 Å². The third kappa shape index (κ3) is 17.3. The number of carboxylic acid groups (broad SMARTS) is 1. The summed E-state index contributed by atoms with van der Waals surface area (Å²) in [6.45, 7) is 28.6. The minimum absolute atomic E-state index is 0.0364. The molecule has 2 saturated heterocycles.